The maximum absolute atomic E-state index is 11.2. The van der Waals surface area contributed by atoms with Crippen molar-refractivity contribution in [3.8, 4) is 0 Å². The van der Waals surface area contributed by atoms with Gasteiger partial charge in [-0.05, 0) is 13.8 Å². The lowest BCUT2D eigenvalue weighted by Crippen LogP contribution is -2.28. The molecular formula is C8H14O7S. The third kappa shape index (κ3) is 5.19. The summed E-state index contributed by atoms with van der Waals surface area (Å²) in [6, 6.07) is 0. The number of methoxy groups -OCH3 is 2. The van der Waals surface area contributed by atoms with Gasteiger partial charge in [0.05, 0.1) is 14.2 Å². The van der Waals surface area contributed by atoms with Crippen molar-refractivity contribution in [2.75, 3.05) is 14.2 Å². The van der Waals surface area contributed by atoms with E-state index in [-0.39, 0.29) is 0 Å². The van der Waals surface area contributed by atoms with Crippen molar-refractivity contribution in [2.45, 2.75) is 26.1 Å². The van der Waals surface area contributed by atoms with E-state index in [1.54, 1.807) is 0 Å². The van der Waals surface area contributed by atoms with Crippen LogP contribution >= 0.6 is 0 Å². The van der Waals surface area contributed by atoms with Crippen LogP contribution in [0, 0.1) is 0 Å². The average Bonchev–Trinajstić information content (AvgIpc) is 2.26. The predicted octanol–water partition coefficient (Wildman–Crippen LogP) is -0.279. The van der Waals surface area contributed by atoms with Gasteiger partial charge in [0.1, 0.15) is 0 Å². The summed E-state index contributed by atoms with van der Waals surface area (Å²) in [6.07, 6.45) is -2.09. The van der Waals surface area contributed by atoms with Gasteiger partial charge in [0.25, 0.3) is 0 Å². The van der Waals surface area contributed by atoms with Crippen LogP contribution in [0.25, 0.3) is 0 Å². The molecule has 0 rings (SSSR count). The Bertz CT molecular complexity index is 252. The standard InChI is InChI=1S/C8H14O7S/c1-5(7(9)12-3)14-16(11)15-6(2)8(10)13-4/h5-6H,1-4H3. The first-order valence-electron chi connectivity index (χ1n) is 4.34. The summed E-state index contributed by atoms with van der Waals surface area (Å²) >= 11 is -2.23. The van der Waals surface area contributed by atoms with Crippen LogP contribution in [0.4, 0.5) is 0 Å². The first kappa shape index (κ1) is 15.0. The molecule has 0 aliphatic carbocycles. The monoisotopic (exact) mass is 254 g/mol. The molecule has 0 amide bonds. The van der Waals surface area contributed by atoms with Crippen LogP contribution in [0.5, 0.6) is 0 Å². The molecular weight excluding hydrogens is 240 g/mol. The smallest absolute Gasteiger partial charge is 0.336 e. The summed E-state index contributed by atoms with van der Waals surface area (Å²) in [6.45, 7) is 2.69. The first-order chi connectivity index (χ1) is 7.42. The van der Waals surface area contributed by atoms with Crippen LogP contribution in [-0.2, 0) is 38.8 Å². The Kier molecular flexibility index (Phi) is 6.86. The zero-order valence-electron chi connectivity index (χ0n) is 9.42. The molecule has 0 aromatic carbocycles. The lowest BCUT2D eigenvalue weighted by molar-refractivity contribution is -0.149. The second-order valence-electron chi connectivity index (χ2n) is 2.73. The molecule has 8 heteroatoms. The zero-order valence-corrected chi connectivity index (χ0v) is 10.2. The maximum Gasteiger partial charge on any atom is 0.336 e. The number of rotatable bonds is 6. The van der Waals surface area contributed by atoms with E-state index in [4.69, 9.17) is 0 Å². The normalized spacial score (nSPS) is 16.0. The van der Waals surface area contributed by atoms with Crippen molar-refractivity contribution < 1.29 is 31.6 Å². The number of ether oxygens (including phenoxy) is 2. The summed E-state index contributed by atoms with van der Waals surface area (Å²) in [4.78, 5) is 21.8. The molecule has 2 atom stereocenters. The van der Waals surface area contributed by atoms with E-state index in [0.29, 0.717) is 0 Å². The second kappa shape index (κ2) is 7.31. The predicted molar refractivity (Wildman–Crippen MR) is 53.3 cm³/mol. The molecule has 2 unspecified atom stereocenters. The Labute approximate surface area is 95.9 Å². The van der Waals surface area contributed by atoms with Crippen molar-refractivity contribution in [1.29, 1.82) is 0 Å². The molecule has 0 fully saturated rings. The van der Waals surface area contributed by atoms with Crippen molar-refractivity contribution in [1.82, 2.24) is 0 Å². The fourth-order valence-electron chi connectivity index (χ4n) is 0.669. The largest absolute Gasteiger partial charge is 0.467 e. The number of esters is 2. The molecule has 0 saturated carbocycles. The molecule has 0 bridgehead atoms. The van der Waals surface area contributed by atoms with E-state index in [1.165, 1.54) is 28.1 Å². The lowest BCUT2D eigenvalue weighted by atomic mass is 10.4. The Morgan fingerprint density at radius 2 is 1.25 bits per heavy atom. The number of hydrogen-bond donors (Lipinski definition) is 0. The summed E-state index contributed by atoms with van der Waals surface area (Å²) < 4.78 is 29.1. The minimum Gasteiger partial charge on any atom is -0.467 e. The molecule has 0 radical (unpaired) electrons. The average molecular weight is 254 g/mol. The Balaban J connectivity index is 4.08. The third-order valence-electron chi connectivity index (χ3n) is 1.51. The van der Waals surface area contributed by atoms with Crippen molar-refractivity contribution in [2.24, 2.45) is 0 Å². The van der Waals surface area contributed by atoms with Gasteiger partial charge in [0, 0.05) is 0 Å². The fraction of sp³-hybridized carbons (Fsp3) is 0.750. The highest BCUT2D eigenvalue weighted by atomic mass is 32.2. The van der Waals surface area contributed by atoms with Gasteiger partial charge in [-0.15, -0.1) is 0 Å². The van der Waals surface area contributed by atoms with Crippen LogP contribution in [0.2, 0.25) is 0 Å². The highest BCUT2D eigenvalue weighted by Crippen LogP contribution is 2.03. The quantitative estimate of drug-likeness (QED) is 0.602. The molecule has 0 N–H and O–H groups in total. The van der Waals surface area contributed by atoms with Gasteiger partial charge in [-0.3, -0.25) is 8.37 Å². The number of hydrogen-bond acceptors (Lipinski definition) is 7. The lowest BCUT2D eigenvalue weighted by Gasteiger charge is -2.12. The van der Waals surface area contributed by atoms with Gasteiger partial charge in [-0.2, -0.15) is 4.21 Å². The summed E-state index contributed by atoms with van der Waals surface area (Å²) in [7, 11) is 2.34. The van der Waals surface area contributed by atoms with E-state index >= 15 is 0 Å². The van der Waals surface area contributed by atoms with Crippen molar-refractivity contribution in [3.63, 3.8) is 0 Å². The first-order valence-corrected chi connectivity index (χ1v) is 5.34. The Morgan fingerprint density at radius 1 is 0.938 bits per heavy atom. The number of carbonyl (C=O) groups excluding carboxylic acids is 2. The molecule has 94 valence electrons. The molecule has 0 aromatic heterocycles. The van der Waals surface area contributed by atoms with Crippen LogP contribution in [0.1, 0.15) is 13.8 Å². The molecule has 0 aromatic rings. The van der Waals surface area contributed by atoms with E-state index in [1.807, 2.05) is 0 Å². The van der Waals surface area contributed by atoms with E-state index in [0.717, 1.165) is 0 Å². The van der Waals surface area contributed by atoms with Crippen LogP contribution in [0.15, 0.2) is 0 Å². The number of carbonyl (C=O) groups is 2. The molecule has 0 aliphatic heterocycles. The molecule has 0 saturated heterocycles. The van der Waals surface area contributed by atoms with Gasteiger partial charge < -0.3 is 9.47 Å². The van der Waals surface area contributed by atoms with Gasteiger partial charge >= 0.3 is 23.3 Å². The maximum atomic E-state index is 11.2. The topological polar surface area (TPSA) is 88.1 Å². The molecule has 7 nitrogen and oxygen atoms in total. The molecule has 16 heavy (non-hydrogen) atoms. The van der Waals surface area contributed by atoms with Crippen LogP contribution in [0.3, 0.4) is 0 Å². The summed E-state index contributed by atoms with van der Waals surface area (Å²) in [5, 5.41) is 0. The second-order valence-corrected chi connectivity index (χ2v) is 3.52. The minimum absolute atomic E-state index is 0.692. The van der Waals surface area contributed by atoms with Crippen molar-refractivity contribution >= 4 is 23.3 Å². The Morgan fingerprint density at radius 3 is 1.50 bits per heavy atom. The van der Waals surface area contributed by atoms with E-state index in [2.05, 4.69) is 17.8 Å². The van der Waals surface area contributed by atoms with Crippen molar-refractivity contribution in [3.05, 3.63) is 0 Å². The van der Waals surface area contributed by atoms with Gasteiger partial charge in [0.2, 0.25) is 0 Å². The van der Waals surface area contributed by atoms with Crippen LogP contribution in [-0.4, -0.2) is 42.6 Å². The highest BCUT2D eigenvalue weighted by molar-refractivity contribution is 7.75. The van der Waals surface area contributed by atoms with Crippen LogP contribution < -0.4 is 0 Å². The van der Waals surface area contributed by atoms with Gasteiger partial charge in [-0.25, -0.2) is 9.59 Å². The van der Waals surface area contributed by atoms with E-state index in [9.17, 15) is 13.8 Å². The van der Waals surface area contributed by atoms with Gasteiger partial charge in [-0.1, -0.05) is 0 Å². The fourth-order valence-corrected chi connectivity index (χ4v) is 1.34. The van der Waals surface area contributed by atoms with Gasteiger partial charge in [0.15, 0.2) is 12.2 Å². The SMILES string of the molecule is COC(=O)C(C)OS(=O)OC(C)C(=O)OC. The summed E-state index contributed by atoms with van der Waals surface area (Å²) in [5.41, 5.74) is 0. The molecule has 0 aliphatic rings. The molecule has 0 spiro atoms. The molecule has 0 heterocycles. The summed E-state index contributed by atoms with van der Waals surface area (Å²) in [5.74, 6) is -1.38. The zero-order chi connectivity index (χ0) is 12.7. The third-order valence-corrected chi connectivity index (χ3v) is 2.40. The highest BCUT2D eigenvalue weighted by Gasteiger charge is 2.22. The Hall–Kier alpha value is -0.990. The minimum atomic E-state index is -2.23. The van der Waals surface area contributed by atoms with E-state index < -0.39 is 35.5 Å².